The first-order valence-electron chi connectivity index (χ1n) is 4.54. The van der Waals surface area contributed by atoms with E-state index in [1.807, 2.05) is 25.2 Å². The lowest BCUT2D eigenvalue weighted by Crippen LogP contribution is -2.24. The normalized spacial score (nSPS) is 10.5. The van der Waals surface area contributed by atoms with Gasteiger partial charge < -0.3 is 10.6 Å². The van der Waals surface area contributed by atoms with Crippen molar-refractivity contribution in [3.8, 4) is 0 Å². The van der Waals surface area contributed by atoms with Gasteiger partial charge in [-0.2, -0.15) is 0 Å². The Kier molecular flexibility index (Phi) is 5.26. The molecule has 0 spiro atoms. The van der Waals surface area contributed by atoms with Crippen LogP contribution in [-0.2, 0) is 6.54 Å². The van der Waals surface area contributed by atoms with E-state index in [9.17, 15) is 0 Å². The molecule has 0 aliphatic carbocycles. The van der Waals surface area contributed by atoms with Gasteiger partial charge in [0.1, 0.15) is 0 Å². The van der Waals surface area contributed by atoms with Crippen LogP contribution in [0.25, 0.3) is 0 Å². The number of nitrogens with one attached hydrogen (secondary N) is 2. The van der Waals surface area contributed by atoms with Crippen LogP contribution in [0.3, 0.4) is 0 Å². The molecule has 0 aliphatic rings. The first-order chi connectivity index (χ1) is 6.75. The van der Waals surface area contributed by atoms with Gasteiger partial charge in [-0.25, -0.2) is 0 Å². The molecule has 1 aromatic rings. The Balaban J connectivity index is 2.49. The van der Waals surface area contributed by atoms with E-state index in [0.29, 0.717) is 6.54 Å². The summed E-state index contributed by atoms with van der Waals surface area (Å²) >= 11 is 12.0. The SMILES string of the molecule is CNCCNCc1c(Cl)cccc1Cl. The van der Waals surface area contributed by atoms with Gasteiger partial charge >= 0.3 is 0 Å². The predicted molar refractivity (Wildman–Crippen MR) is 62.1 cm³/mol. The van der Waals surface area contributed by atoms with Crippen molar-refractivity contribution in [1.82, 2.24) is 10.6 Å². The van der Waals surface area contributed by atoms with Crippen LogP contribution in [-0.4, -0.2) is 20.1 Å². The highest BCUT2D eigenvalue weighted by atomic mass is 35.5. The Morgan fingerprint density at radius 2 is 1.79 bits per heavy atom. The molecule has 0 atom stereocenters. The molecule has 0 saturated heterocycles. The summed E-state index contributed by atoms with van der Waals surface area (Å²) < 4.78 is 0. The zero-order chi connectivity index (χ0) is 10.4. The molecule has 1 rings (SSSR count). The fourth-order valence-corrected chi connectivity index (χ4v) is 1.66. The lowest BCUT2D eigenvalue weighted by molar-refractivity contribution is 0.651. The highest BCUT2D eigenvalue weighted by molar-refractivity contribution is 6.35. The van der Waals surface area contributed by atoms with Gasteiger partial charge in [-0.3, -0.25) is 0 Å². The minimum absolute atomic E-state index is 0.709. The van der Waals surface area contributed by atoms with Crippen LogP contribution in [0.1, 0.15) is 5.56 Å². The third-order valence-electron chi connectivity index (χ3n) is 1.92. The van der Waals surface area contributed by atoms with Gasteiger partial charge in [0.2, 0.25) is 0 Å². The van der Waals surface area contributed by atoms with Gasteiger partial charge in [0.25, 0.3) is 0 Å². The number of benzene rings is 1. The van der Waals surface area contributed by atoms with Crippen molar-refractivity contribution in [3.05, 3.63) is 33.8 Å². The molecular weight excluding hydrogens is 219 g/mol. The van der Waals surface area contributed by atoms with Crippen LogP contribution in [0.5, 0.6) is 0 Å². The fraction of sp³-hybridized carbons (Fsp3) is 0.400. The van der Waals surface area contributed by atoms with E-state index in [1.165, 1.54) is 0 Å². The average Bonchev–Trinajstić information content (AvgIpc) is 2.16. The van der Waals surface area contributed by atoms with Gasteiger partial charge in [-0.05, 0) is 19.2 Å². The van der Waals surface area contributed by atoms with Crippen molar-refractivity contribution in [2.45, 2.75) is 6.54 Å². The molecule has 2 nitrogen and oxygen atoms in total. The van der Waals surface area contributed by atoms with Crippen LogP contribution in [0.15, 0.2) is 18.2 Å². The molecule has 0 fully saturated rings. The van der Waals surface area contributed by atoms with Gasteiger partial charge in [-0.1, -0.05) is 29.3 Å². The molecule has 2 N–H and O–H groups in total. The average molecular weight is 233 g/mol. The Labute approximate surface area is 94.6 Å². The minimum atomic E-state index is 0.709. The lowest BCUT2D eigenvalue weighted by Gasteiger charge is -2.08. The molecule has 0 radical (unpaired) electrons. The third-order valence-corrected chi connectivity index (χ3v) is 2.62. The van der Waals surface area contributed by atoms with Crippen molar-refractivity contribution in [3.63, 3.8) is 0 Å². The lowest BCUT2D eigenvalue weighted by atomic mass is 10.2. The highest BCUT2D eigenvalue weighted by Gasteiger charge is 2.03. The Morgan fingerprint density at radius 3 is 2.36 bits per heavy atom. The first-order valence-corrected chi connectivity index (χ1v) is 5.29. The molecule has 0 saturated carbocycles. The monoisotopic (exact) mass is 232 g/mol. The quantitative estimate of drug-likeness (QED) is 0.762. The molecule has 14 heavy (non-hydrogen) atoms. The summed E-state index contributed by atoms with van der Waals surface area (Å²) in [6.45, 7) is 2.54. The zero-order valence-corrected chi connectivity index (χ0v) is 9.62. The van der Waals surface area contributed by atoms with E-state index in [-0.39, 0.29) is 0 Å². The number of halogens is 2. The summed E-state index contributed by atoms with van der Waals surface area (Å²) in [6, 6.07) is 5.55. The standard InChI is InChI=1S/C10H14Cl2N2/c1-13-5-6-14-7-8-9(11)3-2-4-10(8)12/h2-4,13-14H,5-7H2,1H3. The van der Waals surface area contributed by atoms with E-state index < -0.39 is 0 Å². The molecule has 0 unspecified atom stereocenters. The summed E-state index contributed by atoms with van der Waals surface area (Å²) in [7, 11) is 1.92. The maximum absolute atomic E-state index is 6.00. The van der Waals surface area contributed by atoms with Crippen molar-refractivity contribution in [2.24, 2.45) is 0 Å². The van der Waals surface area contributed by atoms with Crippen molar-refractivity contribution >= 4 is 23.2 Å². The van der Waals surface area contributed by atoms with E-state index in [0.717, 1.165) is 28.7 Å². The highest BCUT2D eigenvalue weighted by Crippen LogP contribution is 2.23. The van der Waals surface area contributed by atoms with Crippen LogP contribution >= 0.6 is 23.2 Å². The second kappa shape index (κ2) is 6.25. The molecule has 0 heterocycles. The topological polar surface area (TPSA) is 24.1 Å². The second-order valence-electron chi connectivity index (χ2n) is 2.98. The van der Waals surface area contributed by atoms with Gasteiger partial charge in [0.05, 0.1) is 0 Å². The fourth-order valence-electron chi connectivity index (χ4n) is 1.13. The number of rotatable bonds is 5. The largest absolute Gasteiger partial charge is 0.318 e. The summed E-state index contributed by atoms with van der Waals surface area (Å²) in [5.41, 5.74) is 0.965. The van der Waals surface area contributed by atoms with E-state index in [4.69, 9.17) is 23.2 Å². The van der Waals surface area contributed by atoms with Gasteiger partial charge in [0.15, 0.2) is 0 Å². The smallest absolute Gasteiger partial charge is 0.0465 e. The van der Waals surface area contributed by atoms with E-state index >= 15 is 0 Å². The molecule has 0 amide bonds. The maximum atomic E-state index is 6.00. The minimum Gasteiger partial charge on any atom is -0.318 e. The predicted octanol–water partition coefficient (Wildman–Crippen LogP) is 2.30. The second-order valence-corrected chi connectivity index (χ2v) is 3.79. The van der Waals surface area contributed by atoms with Crippen molar-refractivity contribution < 1.29 is 0 Å². The zero-order valence-electron chi connectivity index (χ0n) is 8.11. The summed E-state index contributed by atoms with van der Waals surface area (Å²) in [6.07, 6.45) is 0. The number of hydrogen-bond acceptors (Lipinski definition) is 2. The number of hydrogen-bond donors (Lipinski definition) is 2. The summed E-state index contributed by atoms with van der Waals surface area (Å²) in [5, 5.41) is 7.74. The Morgan fingerprint density at radius 1 is 1.14 bits per heavy atom. The van der Waals surface area contributed by atoms with Crippen LogP contribution in [0.4, 0.5) is 0 Å². The number of likely N-dealkylation sites (N-methyl/N-ethyl adjacent to an activating group) is 1. The van der Waals surface area contributed by atoms with Crippen molar-refractivity contribution in [2.75, 3.05) is 20.1 Å². The molecular formula is C10H14Cl2N2. The maximum Gasteiger partial charge on any atom is 0.0465 e. The first kappa shape index (κ1) is 11.8. The summed E-state index contributed by atoms with van der Waals surface area (Å²) in [5.74, 6) is 0. The molecule has 0 aliphatic heterocycles. The molecule has 0 aromatic heterocycles. The van der Waals surface area contributed by atoms with Crippen LogP contribution in [0.2, 0.25) is 10.0 Å². The van der Waals surface area contributed by atoms with Gasteiger partial charge in [-0.15, -0.1) is 0 Å². The Bertz CT molecular complexity index is 269. The molecule has 1 aromatic carbocycles. The molecule has 0 bridgehead atoms. The molecule has 78 valence electrons. The van der Waals surface area contributed by atoms with Crippen LogP contribution in [0, 0.1) is 0 Å². The third kappa shape index (κ3) is 3.46. The van der Waals surface area contributed by atoms with E-state index in [2.05, 4.69) is 10.6 Å². The molecule has 4 heteroatoms. The Hall–Kier alpha value is -0.280. The van der Waals surface area contributed by atoms with Crippen LogP contribution < -0.4 is 10.6 Å². The van der Waals surface area contributed by atoms with Crippen molar-refractivity contribution in [1.29, 1.82) is 0 Å². The van der Waals surface area contributed by atoms with Gasteiger partial charge in [0, 0.05) is 35.2 Å². The summed E-state index contributed by atoms with van der Waals surface area (Å²) in [4.78, 5) is 0. The van der Waals surface area contributed by atoms with E-state index in [1.54, 1.807) is 0 Å².